The van der Waals surface area contributed by atoms with Gasteiger partial charge in [-0.3, -0.25) is 4.79 Å². The summed E-state index contributed by atoms with van der Waals surface area (Å²) in [4.78, 5) is 24.1. The van der Waals surface area contributed by atoms with E-state index in [4.69, 9.17) is 27.9 Å². The molecule has 6 heteroatoms. The van der Waals surface area contributed by atoms with Crippen molar-refractivity contribution in [2.45, 2.75) is 13.3 Å². The number of rotatable bonds is 4. The highest BCUT2D eigenvalue weighted by atomic mass is 35.5. The normalized spacial score (nSPS) is 10.3. The Morgan fingerprint density at radius 1 is 1.09 bits per heavy atom. The number of benzene rings is 2. The molecule has 0 spiro atoms. The van der Waals surface area contributed by atoms with Crippen LogP contribution in [0.1, 0.15) is 21.5 Å². The van der Waals surface area contributed by atoms with Gasteiger partial charge in [-0.1, -0.05) is 41.4 Å². The van der Waals surface area contributed by atoms with E-state index in [9.17, 15) is 9.59 Å². The number of ether oxygens (including phenoxy) is 1. The summed E-state index contributed by atoms with van der Waals surface area (Å²) in [6.45, 7) is 1.80. The summed E-state index contributed by atoms with van der Waals surface area (Å²) in [5.74, 6) is -0.834. The molecule has 0 unspecified atom stereocenters. The van der Waals surface area contributed by atoms with Gasteiger partial charge in [0, 0.05) is 10.0 Å². The van der Waals surface area contributed by atoms with Crippen LogP contribution in [0.15, 0.2) is 36.4 Å². The molecule has 0 aliphatic carbocycles. The Labute approximate surface area is 144 Å². The van der Waals surface area contributed by atoms with Crippen LogP contribution in [0.5, 0.6) is 0 Å². The van der Waals surface area contributed by atoms with Crippen molar-refractivity contribution in [1.82, 2.24) is 0 Å². The number of amides is 1. The molecular weight excluding hydrogens is 337 g/mol. The van der Waals surface area contributed by atoms with Crippen molar-refractivity contribution >= 4 is 40.8 Å². The summed E-state index contributed by atoms with van der Waals surface area (Å²) in [7, 11) is 1.29. The lowest BCUT2D eigenvalue weighted by Crippen LogP contribution is -2.18. The van der Waals surface area contributed by atoms with Crippen LogP contribution < -0.4 is 5.32 Å². The van der Waals surface area contributed by atoms with Crippen molar-refractivity contribution in [3.05, 3.63) is 63.1 Å². The quantitative estimate of drug-likeness (QED) is 0.836. The number of esters is 1. The van der Waals surface area contributed by atoms with Crippen molar-refractivity contribution in [3.63, 3.8) is 0 Å². The van der Waals surface area contributed by atoms with Crippen LogP contribution in [0.2, 0.25) is 10.0 Å². The highest BCUT2D eigenvalue weighted by molar-refractivity contribution is 6.36. The Bertz CT molecular complexity index is 739. The van der Waals surface area contributed by atoms with Crippen LogP contribution in [-0.2, 0) is 16.0 Å². The maximum atomic E-state index is 12.3. The molecular formula is C17H15Cl2NO3. The third kappa shape index (κ3) is 4.03. The van der Waals surface area contributed by atoms with E-state index in [1.807, 2.05) is 0 Å². The molecule has 4 nitrogen and oxygen atoms in total. The summed E-state index contributed by atoms with van der Waals surface area (Å²) in [6, 6.07) is 10.2. The summed E-state index contributed by atoms with van der Waals surface area (Å²) in [5, 5.41) is 3.58. The number of hydrogen-bond acceptors (Lipinski definition) is 3. The van der Waals surface area contributed by atoms with Gasteiger partial charge in [-0.05, 0) is 36.2 Å². The highest BCUT2D eigenvalue weighted by Crippen LogP contribution is 2.26. The molecule has 2 rings (SSSR count). The van der Waals surface area contributed by atoms with Gasteiger partial charge in [0.15, 0.2) is 0 Å². The van der Waals surface area contributed by atoms with E-state index in [1.165, 1.54) is 7.11 Å². The third-order valence-corrected chi connectivity index (χ3v) is 4.05. The Morgan fingerprint density at radius 2 is 1.70 bits per heavy atom. The predicted octanol–water partition coefficient (Wildman–Crippen LogP) is 4.27. The van der Waals surface area contributed by atoms with Crippen molar-refractivity contribution in [3.8, 4) is 0 Å². The molecule has 0 bridgehead atoms. The highest BCUT2D eigenvalue weighted by Gasteiger charge is 2.17. The predicted molar refractivity (Wildman–Crippen MR) is 91.3 cm³/mol. The molecule has 2 aromatic rings. The number of carbonyl (C=O) groups excluding carboxylic acids is 2. The third-order valence-electron chi connectivity index (χ3n) is 3.34. The maximum absolute atomic E-state index is 12.3. The van der Waals surface area contributed by atoms with Crippen molar-refractivity contribution in [1.29, 1.82) is 0 Å². The largest absolute Gasteiger partial charge is 0.465 e. The average Bonchev–Trinajstić information content (AvgIpc) is 2.52. The molecule has 0 radical (unpaired) electrons. The van der Waals surface area contributed by atoms with E-state index in [-0.39, 0.29) is 12.3 Å². The fraction of sp³-hybridized carbons (Fsp3) is 0.176. The number of carbonyl (C=O) groups is 2. The second-order valence-corrected chi connectivity index (χ2v) is 5.73. The van der Waals surface area contributed by atoms with Gasteiger partial charge in [0.25, 0.3) is 0 Å². The number of para-hydroxylation sites is 1. The molecule has 120 valence electrons. The fourth-order valence-corrected chi connectivity index (χ4v) is 2.69. The number of hydrogen-bond donors (Lipinski definition) is 1. The Morgan fingerprint density at radius 3 is 2.30 bits per heavy atom. The van der Waals surface area contributed by atoms with Gasteiger partial charge >= 0.3 is 5.97 Å². The van der Waals surface area contributed by atoms with Crippen molar-refractivity contribution in [2.75, 3.05) is 12.4 Å². The minimum atomic E-state index is -0.514. The van der Waals surface area contributed by atoms with E-state index < -0.39 is 5.97 Å². The van der Waals surface area contributed by atoms with Gasteiger partial charge in [0.05, 0.1) is 24.8 Å². The zero-order valence-electron chi connectivity index (χ0n) is 12.7. The Balaban J connectivity index is 2.26. The molecule has 0 saturated carbocycles. The lowest BCUT2D eigenvalue weighted by Gasteiger charge is -2.13. The molecule has 0 heterocycles. The van der Waals surface area contributed by atoms with Crippen LogP contribution in [0.4, 0.5) is 5.69 Å². The van der Waals surface area contributed by atoms with Crippen molar-refractivity contribution < 1.29 is 14.3 Å². The average molecular weight is 352 g/mol. The number of anilines is 1. The molecule has 0 fully saturated rings. The van der Waals surface area contributed by atoms with E-state index in [2.05, 4.69) is 5.32 Å². The minimum absolute atomic E-state index is 0.00739. The number of halogens is 2. The number of nitrogens with one attached hydrogen (secondary N) is 1. The molecule has 0 aliphatic heterocycles. The fourth-order valence-electron chi connectivity index (χ4n) is 2.16. The standard InChI is InChI=1S/C17H15Cl2NO3/c1-10-5-3-6-11(17(22)23-2)16(10)20-15(21)9-12-13(18)7-4-8-14(12)19/h3-8H,9H2,1-2H3,(H,20,21). The molecule has 0 aromatic heterocycles. The first-order valence-corrected chi connectivity index (χ1v) is 7.60. The number of aryl methyl sites for hydroxylation is 1. The van der Waals surface area contributed by atoms with Crippen LogP contribution in [0.25, 0.3) is 0 Å². The first-order chi connectivity index (χ1) is 10.9. The summed E-state index contributed by atoms with van der Waals surface area (Å²) in [5.41, 5.74) is 2.02. The smallest absolute Gasteiger partial charge is 0.339 e. The molecule has 0 aliphatic rings. The molecule has 0 atom stereocenters. The second kappa shape index (κ2) is 7.49. The lowest BCUT2D eigenvalue weighted by molar-refractivity contribution is -0.115. The van der Waals surface area contributed by atoms with Gasteiger partial charge in [0.1, 0.15) is 0 Å². The molecule has 23 heavy (non-hydrogen) atoms. The van der Waals surface area contributed by atoms with Crippen LogP contribution in [0.3, 0.4) is 0 Å². The van der Waals surface area contributed by atoms with Gasteiger partial charge in [0.2, 0.25) is 5.91 Å². The van der Waals surface area contributed by atoms with E-state index in [0.717, 1.165) is 5.56 Å². The molecule has 1 amide bonds. The van der Waals surface area contributed by atoms with Gasteiger partial charge in [-0.2, -0.15) is 0 Å². The second-order valence-electron chi connectivity index (χ2n) is 4.91. The zero-order valence-corrected chi connectivity index (χ0v) is 14.2. The van der Waals surface area contributed by atoms with E-state index in [0.29, 0.717) is 26.9 Å². The summed E-state index contributed by atoms with van der Waals surface area (Å²) >= 11 is 12.1. The summed E-state index contributed by atoms with van der Waals surface area (Å²) in [6.07, 6.45) is 0.00739. The SMILES string of the molecule is COC(=O)c1cccc(C)c1NC(=O)Cc1c(Cl)cccc1Cl. The lowest BCUT2D eigenvalue weighted by atomic mass is 10.1. The van der Waals surface area contributed by atoms with Crippen LogP contribution >= 0.6 is 23.2 Å². The first kappa shape index (κ1) is 17.3. The first-order valence-electron chi connectivity index (χ1n) is 6.84. The Hall–Kier alpha value is -2.04. The Kier molecular flexibility index (Phi) is 5.64. The van der Waals surface area contributed by atoms with Gasteiger partial charge < -0.3 is 10.1 Å². The van der Waals surface area contributed by atoms with Crippen LogP contribution in [-0.4, -0.2) is 19.0 Å². The minimum Gasteiger partial charge on any atom is -0.465 e. The monoisotopic (exact) mass is 351 g/mol. The topological polar surface area (TPSA) is 55.4 Å². The number of methoxy groups -OCH3 is 1. The van der Waals surface area contributed by atoms with E-state index >= 15 is 0 Å². The molecule has 1 N–H and O–H groups in total. The van der Waals surface area contributed by atoms with Crippen LogP contribution in [0, 0.1) is 6.92 Å². The van der Waals surface area contributed by atoms with E-state index in [1.54, 1.807) is 43.3 Å². The molecule has 2 aromatic carbocycles. The molecule has 0 saturated heterocycles. The van der Waals surface area contributed by atoms with Gasteiger partial charge in [-0.25, -0.2) is 4.79 Å². The van der Waals surface area contributed by atoms with Crippen molar-refractivity contribution in [2.24, 2.45) is 0 Å². The zero-order chi connectivity index (χ0) is 17.0. The van der Waals surface area contributed by atoms with Gasteiger partial charge in [-0.15, -0.1) is 0 Å². The maximum Gasteiger partial charge on any atom is 0.339 e. The summed E-state index contributed by atoms with van der Waals surface area (Å²) < 4.78 is 4.74.